The molecular weight excluding hydrogens is 572 g/mol. The number of nitrogens with one attached hydrogen (secondary N) is 2. The molecule has 1 atom stereocenters. The Labute approximate surface area is 252 Å². The second kappa shape index (κ2) is 12.5. The predicted octanol–water partition coefficient (Wildman–Crippen LogP) is 5.16. The SMILES string of the molecule is CC(CN1CCOCC1)Oc1cc2nccc(Oc3ccc(NC(=O)C4(C(=O)Nc5ccc(F)cc5)CC4)cc3F)c2cn1. The Morgan fingerprint density at radius 1 is 0.955 bits per heavy atom. The number of carbonyl (C=O) groups is 2. The van der Waals surface area contributed by atoms with Gasteiger partial charge in [-0.2, -0.15) is 0 Å². The molecule has 1 saturated heterocycles. The van der Waals surface area contributed by atoms with Gasteiger partial charge < -0.3 is 24.8 Å². The molecule has 2 fully saturated rings. The highest BCUT2D eigenvalue weighted by Gasteiger charge is 2.56. The van der Waals surface area contributed by atoms with Crippen molar-refractivity contribution in [1.82, 2.24) is 14.9 Å². The molecule has 2 aliphatic rings. The lowest BCUT2D eigenvalue weighted by Gasteiger charge is -2.29. The van der Waals surface area contributed by atoms with Gasteiger partial charge in [0.2, 0.25) is 17.7 Å². The number of halogens is 2. The molecule has 3 heterocycles. The van der Waals surface area contributed by atoms with Gasteiger partial charge in [-0.15, -0.1) is 0 Å². The van der Waals surface area contributed by atoms with Gasteiger partial charge in [0.05, 0.1) is 24.1 Å². The van der Waals surface area contributed by atoms with E-state index < -0.39 is 28.9 Å². The minimum atomic E-state index is -1.27. The van der Waals surface area contributed by atoms with Crippen LogP contribution < -0.4 is 20.1 Å². The number of carbonyl (C=O) groups excluding carboxylic acids is 2. The maximum atomic E-state index is 15.1. The van der Waals surface area contributed by atoms with E-state index in [0.29, 0.717) is 54.3 Å². The molecule has 2 aromatic carbocycles. The Balaban J connectivity index is 1.09. The largest absolute Gasteiger partial charge is 0.473 e. The lowest BCUT2D eigenvalue weighted by Crippen LogP contribution is -2.41. The minimum absolute atomic E-state index is 0.0647. The number of pyridine rings is 2. The predicted molar refractivity (Wildman–Crippen MR) is 159 cm³/mol. The molecule has 0 bridgehead atoms. The highest BCUT2D eigenvalue weighted by Crippen LogP contribution is 2.47. The van der Waals surface area contributed by atoms with E-state index in [1.54, 1.807) is 24.5 Å². The number of aromatic nitrogens is 2. The average Bonchev–Trinajstić information content (AvgIpc) is 3.83. The van der Waals surface area contributed by atoms with Crippen molar-refractivity contribution in [2.75, 3.05) is 43.5 Å². The van der Waals surface area contributed by atoms with Crippen molar-refractivity contribution in [3.05, 3.63) is 78.6 Å². The number of benzene rings is 2. The lowest BCUT2D eigenvalue weighted by molar-refractivity contribution is -0.131. The number of hydrogen-bond donors (Lipinski definition) is 2. The number of amides is 2. The molecule has 228 valence electrons. The minimum Gasteiger partial charge on any atom is -0.473 e. The van der Waals surface area contributed by atoms with Crippen molar-refractivity contribution in [1.29, 1.82) is 0 Å². The molecular formula is C32H31F2N5O5. The van der Waals surface area contributed by atoms with Gasteiger partial charge in [-0.25, -0.2) is 13.8 Å². The number of rotatable bonds is 10. The van der Waals surface area contributed by atoms with Crippen molar-refractivity contribution in [3.8, 4) is 17.4 Å². The number of nitrogens with zero attached hydrogens (tertiary/aromatic N) is 3. The Bertz CT molecular complexity index is 1680. The summed E-state index contributed by atoms with van der Waals surface area (Å²) in [4.78, 5) is 36.9. The number of ether oxygens (including phenoxy) is 3. The molecule has 2 N–H and O–H groups in total. The third kappa shape index (κ3) is 6.61. The Kier molecular flexibility index (Phi) is 8.36. The standard InChI is InChI=1S/C32H31F2N5O5/c1-20(19-39-12-14-42-15-13-39)43-29-17-26-24(18-36-29)27(8-11-35-26)44-28-7-6-23(16-25(28)34)38-31(41)32(9-10-32)30(40)37-22-4-2-21(33)3-5-22/h2-8,11,16-18,20H,9-10,12-15,19H2,1H3,(H,37,40)(H,38,41). The molecule has 44 heavy (non-hydrogen) atoms. The van der Waals surface area contributed by atoms with Crippen LogP contribution in [0.5, 0.6) is 17.4 Å². The van der Waals surface area contributed by atoms with Crippen LogP contribution >= 0.6 is 0 Å². The van der Waals surface area contributed by atoms with Crippen LogP contribution in [0.1, 0.15) is 19.8 Å². The van der Waals surface area contributed by atoms with E-state index in [4.69, 9.17) is 14.2 Å². The van der Waals surface area contributed by atoms with Gasteiger partial charge in [0.1, 0.15) is 23.1 Å². The molecule has 1 saturated carbocycles. The summed E-state index contributed by atoms with van der Waals surface area (Å²) in [5, 5.41) is 5.85. The van der Waals surface area contributed by atoms with Crippen molar-refractivity contribution in [2.45, 2.75) is 25.9 Å². The molecule has 0 radical (unpaired) electrons. The first-order valence-electron chi connectivity index (χ1n) is 14.4. The first-order valence-corrected chi connectivity index (χ1v) is 14.4. The monoisotopic (exact) mass is 603 g/mol. The average molecular weight is 604 g/mol. The van der Waals surface area contributed by atoms with Gasteiger partial charge in [0.25, 0.3) is 0 Å². The van der Waals surface area contributed by atoms with Gasteiger partial charge in [-0.3, -0.25) is 19.5 Å². The molecule has 2 aromatic heterocycles. The summed E-state index contributed by atoms with van der Waals surface area (Å²) < 4.78 is 45.6. The topological polar surface area (TPSA) is 115 Å². The molecule has 2 amide bonds. The van der Waals surface area contributed by atoms with Gasteiger partial charge >= 0.3 is 0 Å². The number of morpholine rings is 1. The van der Waals surface area contributed by atoms with Gasteiger partial charge in [-0.05, 0) is 62.2 Å². The summed E-state index contributed by atoms with van der Waals surface area (Å²) in [6.45, 7) is 5.88. The van der Waals surface area contributed by atoms with E-state index in [1.165, 1.54) is 36.4 Å². The summed E-state index contributed by atoms with van der Waals surface area (Å²) in [7, 11) is 0. The zero-order valence-electron chi connectivity index (χ0n) is 24.0. The van der Waals surface area contributed by atoms with Crippen molar-refractivity contribution in [3.63, 3.8) is 0 Å². The lowest BCUT2D eigenvalue weighted by atomic mass is 10.0. The molecule has 1 unspecified atom stereocenters. The third-order valence-corrected chi connectivity index (χ3v) is 7.63. The van der Waals surface area contributed by atoms with Crippen LogP contribution in [0.15, 0.2) is 67.0 Å². The Morgan fingerprint density at radius 2 is 1.66 bits per heavy atom. The van der Waals surface area contributed by atoms with Gasteiger partial charge in [-0.1, -0.05) is 0 Å². The van der Waals surface area contributed by atoms with Crippen LogP contribution in [0.4, 0.5) is 20.2 Å². The van der Waals surface area contributed by atoms with Crippen LogP contribution in [0, 0.1) is 17.0 Å². The summed E-state index contributed by atoms with van der Waals surface area (Å²) in [5.41, 5.74) is -0.144. The first-order chi connectivity index (χ1) is 21.3. The molecule has 4 aromatic rings. The Hall–Kier alpha value is -4.68. The summed E-state index contributed by atoms with van der Waals surface area (Å²) in [5.74, 6) is -1.49. The van der Waals surface area contributed by atoms with Crippen LogP contribution in [0.3, 0.4) is 0 Å². The normalized spacial score (nSPS) is 16.6. The van der Waals surface area contributed by atoms with Crippen molar-refractivity contribution in [2.24, 2.45) is 5.41 Å². The summed E-state index contributed by atoms with van der Waals surface area (Å²) in [6.07, 6.45) is 3.73. The fourth-order valence-corrected chi connectivity index (χ4v) is 5.04. The van der Waals surface area contributed by atoms with Crippen LogP contribution in [0.2, 0.25) is 0 Å². The second-order valence-corrected chi connectivity index (χ2v) is 10.9. The quantitative estimate of drug-likeness (QED) is 0.239. The van der Waals surface area contributed by atoms with Crippen LogP contribution in [-0.4, -0.2) is 65.6 Å². The van der Waals surface area contributed by atoms with E-state index in [2.05, 4.69) is 25.5 Å². The zero-order chi connectivity index (χ0) is 30.7. The maximum Gasteiger partial charge on any atom is 0.240 e. The molecule has 1 aliphatic carbocycles. The highest BCUT2D eigenvalue weighted by molar-refractivity contribution is 6.16. The molecule has 6 rings (SSSR count). The van der Waals surface area contributed by atoms with E-state index in [-0.39, 0.29) is 17.5 Å². The van der Waals surface area contributed by atoms with Crippen LogP contribution in [0.25, 0.3) is 10.9 Å². The van der Waals surface area contributed by atoms with E-state index in [0.717, 1.165) is 25.7 Å². The first kappa shape index (κ1) is 29.4. The molecule has 10 nitrogen and oxygen atoms in total. The van der Waals surface area contributed by atoms with E-state index in [9.17, 15) is 14.0 Å². The fraction of sp³-hybridized carbons (Fsp3) is 0.312. The maximum absolute atomic E-state index is 15.1. The zero-order valence-corrected chi connectivity index (χ0v) is 24.0. The Morgan fingerprint density at radius 3 is 2.36 bits per heavy atom. The van der Waals surface area contributed by atoms with Gasteiger partial charge in [0.15, 0.2) is 11.6 Å². The number of fused-ring (bicyclic) bond motifs is 1. The number of anilines is 2. The fourth-order valence-electron chi connectivity index (χ4n) is 5.04. The smallest absolute Gasteiger partial charge is 0.240 e. The molecule has 12 heteroatoms. The van der Waals surface area contributed by atoms with Gasteiger partial charge in [0, 0.05) is 55.5 Å². The van der Waals surface area contributed by atoms with E-state index in [1.807, 2.05) is 6.92 Å². The highest BCUT2D eigenvalue weighted by atomic mass is 19.1. The summed E-state index contributed by atoms with van der Waals surface area (Å²) >= 11 is 0. The van der Waals surface area contributed by atoms with Crippen LogP contribution in [-0.2, 0) is 14.3 Å². The van der Waals surface area contributed by atoms with Crippen molar-refractivity contribution < 1.29 is 32.6 Å². The molecule has 1 aliphatic heterocycles. The molecule has 0 spiro atoms. The van der Waals surface area contributed by atoms with Crippen molar-refractivity contribution >= 4 is 34.1 Å². The second-order valence-electron chi connectivity index (χ2n) is 10.9. The summed E-state index contributed by atoms with van der Waals surface area (Å²) in [6, 6.07) is 12.6. The number of hydrogen-bond acceptors (Lipinski definition) is 8. The van der Waals surface area contributed by atoms with E-state index >= 15 is 4.39 Å². The third-order valence-electron chi connectivity index (χ3n) is 7.63.